The monoisotopic (exact) mass is 342 g/mol. The van der Waals surface area contributed by atoms with E-state index in [1.807, 2.05) is 44.2 Å². The van der Waals surface area contributed by atoms with Crippen LogP contribution in [0.5, 0.6) is 0 Å². The van der Waals surface area contributed by atoms with Crippen LogP contribution in [0, 0.1) is 19.8 Å². The van der Waals surface area contributed by atoms with E-state index in [0.29, 0.717) is 0 Å². The van der Waals surface area contributed by atoms with E-state index in [1.165, 1.54) is 11.8 Å². The van der Waals surface area contributed by atoms with Gasteiger partial charge in [-0.2, -0.15) is 0 Å². The van der Waals surface area contributed by atoms with Crippen LogP contribution in [0.4, 0.5) is 5.69 Å². The normalized spacial score (nSPS) is 20.1. The Hall–Kier alpha value is -1.92. The summed E-state index contributed by atoms with van der Waals surface area (Å²) in [6.45, 7) is 3.93. The van der Waals surface area contributed by atoms with Crippen LogP contribution in [0.1, 0.15) is 30.7 Å². The lowest BCUT2D eigenvalue weighted by Crippen LogP contribution is -2.23. The number of amides is 1. The van der Waals surface area contributed by atoms with E-state index in [9.17, 15) is 4.79 Å². The van der Waals surface area contributed by atoms with E-state index < -0.39 is 0 Å². The van der Waals surface area contributed by atoms with Gasteiger partial charge in [0, 0.05) is 33.9 Å². The van der Waals surface area contributed by atoms with Crippen molar-refractivity contribution >= 4 is 23.4 Å². The first-order valence-corrected chi connectivity index (χ1v) is 8.98. The van der Waals surface area contributed by atoms with E-state index >= 15 is 0 Å². The zero-order valence-electron chi connectivity index (χ0n) is 14.0. The molecule has 2 unspecified atom stereocenters. The Balaban J connectivity index is 1.62. The molecule has 126 valence electrons. The SMILES string of the molecule is Cc1cc(C)nc(Sc2ccc(NC(=O)C3CCC(N)C3)cc2)n1. The van der Waals surface area contributed by atoms with Gasteiger partial charge in [-0.05, 0) is 75.2 Å². The second kappa shape index (κ2) is 7.32. The summed E-state index contributed by atoms with van der Waals surface area (Å²) in [7, 11) is 0. The lowest BCUT2D eigenvalue weighted by Gasteiger charge is -2.11. The number of aryl methyl sites for hydroxylation is 2. The summed E-state index contributed by atoms with van der Waals surface area (Å²) in [6, 6.07) is 9.90. The molecule has 1 amide bonds. The molecule has 3 N–H and O–H groups in total. The summed E-state index contributed by atoms with van der Waals surface area (Å²) in [5.74, 6) is 0.110. The van der Waals surface area contributed by atoms with Crippen molar-refractivity contribution in [3.8, 4) is 0 Å². The van der Waals surface area contributed by atoms with Gasteiger partial charge in [-0.1, -0.05) is 0 Å². The average molecular weight is 342 g/mol. The van der Waals surface area contributed by atoms with Crippen molar-refractivity contribution in [2.75, 3.05) is 5.32 Å². The second-order valence-electron chi connectivity index (χ2n) is 6.32. The fraction of sp³-hybridized carbons (Fsp3) is 0.389. The highest BCUT2D eigenvalue weighted by atomic mass is 32.2. The molecule has 6 heteroatoms. The van der Waals surface area contributed by atoms with E-state index in [-0.39, 0.29) is 17.9 Å². The molecule has 1 fully saturated rings. The van der Waals surface area contributed by atoms with Crippen molar-refractivity contribution in [3.63, 3.8) is 0 Å². The van der Waals surface area contributed by atoms with Gasteiger partial charge in [0.15, 0.2) is 5.16 Å². The fourth-order valence-electron chi connectivity index (χ4n) is 2.95. The van der Waals surface area contributed by atoms with Crippen molar-refractivity contribution in [1.82, 2.24) is 9.97 Å². The molecule has 2 atom stereocenters. The molecule has 24 heavy (non-hydrogen) atoms. The van der Waals surface area contributed by atoms with Gasteiger partial charge in [0.05, 0.1) is 0 Å². The maximum atomic E-state index is 12.2. The summed E-state index contributed by atoms with van der Waals surface area (Å²) < 4.78 is 0. The van der Waals surface area contributed by atoms with Gasteiger partial charge in [-0.3, -0.25) is 4.79 Å². The molecule has 1 aromatic carbocycles. The third kappa shape index (κ3) is 4.33. The van der Waals surface area contributed by atoms with E-state index in [0.717, 1.165) is 46.4 Å². The fourth-order valence-corrected chi connectivity index (χ4v) is 3.81. The Labute approximate surface area is 146 Å². The molecule has 5 nitrogen and oxygen atoms in total. The Bertz CT molecular complexity index is 712. The van der Waals surface area contributed by atoms with Gasteiger partial charge in [0.2, 0.25) is 5.91 Å². The van der Waals surface area contributed by atoms with Crippen LogP contribution in [-0.2, 0) is 4.79 Å². The molecule has 0 bridgehead atoms. The first-order valence-electron chi connectivity index (χ1n) is 8.16. The number of carbonyl (C=O) groups is 1. The van der Waals surface area contributed by atoms with Crippen LogP contribution >= 0.6 is 11.8 Å². The Kier molecular flexibility index (Phi) is 5.16. The summed E-state index contributed by atoms with van der Waals surface area (Å²) in [5, 5.41) is 3.72. The number of carbonyl (C=O) groups excluding carboxylic acids is 1. The van der Waals surface area contributed by atoms with Crippen LogP contribution in [0.2, 0.25) is 0 Å². The first kappa shape index (κ1) is 16.9. The molecule has 1 aliphatic carbocycles. The standard InChI is InChI=1S/C18H22N4OS/c1-11-9-12(2)21-18(20-11)24-16-7-5-15(6-8-16)22-17(23)13-3-4-14(19)10-13/h5-9,13-14H,3-4,10,19H2,1-2H3,(H,22,23). The summed E-state index contributed by atoms with van der Waals surface area (Å²) in [4.78, 5) is 22.1. The Morgan fingerprint density at radius 3 is 2.42 bits per heavy atom. The number of benzene rings is 1. The van der Waals surface area contributed by atoms with Gasteiger partial charge in [-0.25, -0.2) is 9.97 Å². The van der Waals surface area contributed by atoms with Gasteiger partial charge < -0.3 is 11.1 Å². The molecule has 2 aromatic rings. The van der Waals surface area contributed by atoms with Gasteiger partial charge in [-0.15, -0.1) is 0 Å². The number of nitrogens with one attached hydrogen (secondary N) is 1. The molecule has 1 heterocycles. The van der Waals surface area contributed by atoms with Crippen LogP contribution in [0.25, 0.3) is 0 Å². The molecule has 1 saturated carbocycles. The van der Waals surface area contributed by atoms with Crippen LogP contribution in [-0.4, -0.2) is 21.9 Å². The quantitative estimate of drug-likeness (QED) is 0.833. The minimum absolute atomic E-state index is 0.0396. The molecular formula is C18H22N4OS. The zero-order chi connectivity index (χ0) is 17.1. The number of hydrogen-bond acceptors (Lipinski definition) is 5. The van der Waals surface area contributed by atoms with E-state index in [4.69, 9.17) is 5.73 Å². The van der Waals surface area contributed by atoms with E-state index in [2.05, 4.69) is 15.3 Å². The number of hydrogen-bond donors (Lipinski definition) is 2. The number of anilines is 1. The third-order valence-electron chi connectivity index (χ3n) is 4.14. The van der Waals surface area contributed by atoms with Gasteiger partial charge >= 0.3 is 0 Å². The predicted octanol–water partition coefficient (Wildman–Crippen LogP) is 3.31. The van der Waals surface area contributed by atoms with E-state index in [1.54, 1.807) is 0 Å². The Morgan fingerprint density at radius 1 is 1.17 bits per heavy atom. The maximum Gasteiger partial charge on any atom is 0.227 e. The smallest absolute Gasteiger partial charge is 0.227 e. The first-order chi connectivity index (χ1) is 11.5. The second-order valence-corrected chi connectivity index (χ2v) is 7.36. The largest absolute Gasteiger partial charge is 0.328 e. The zero-order valence-corrected chi connectivity index (χ0v) is 14.8. The van der Waals surface area contributed by atoms with Crippen LogP contribution in [0.15, 0.2) is 40.4 Å². The highest BCUT2D eigenvalue weighted by Gasteiger charge is 2.27. The van der Waals surface area contributed by atoms with Crippen LogP contribution < -0.4 is 11.1 Å². The third-order valence-corrected chi connectivity index (χ3v) is 5.01. The maximum absolute atomic E-state index is 12.2. The highest BCUT2D eigenvalue weighted by Crippen LogP contribution is 2.28. The topological polar surface area (TPSA) is 80.9 Å². The van der Waals surface area contributed by atoms with Gasteiger partial charge in [0.25, 0.3) is 0 Å². The van der Waals surface area contributed by atoms with Crippen molar-refractivity contribution in [1.29, 1.82) is 0 Å². The predicted molar refractivity (Wildman–Crippen MR) is 96.0 cm³/mol. The van der Waals surface area contributed by atoms with Crippen LogP contribution in [0.3, 0.4) is 0 Å². The highest BCUT2D eigenvalue weighted by molar-refractivity contribution is 7.99. The minimum Gasteiger partial charge on any atom is -0.328 e. The van der Waals surface area contributed by atoms with Gasteiger partial charge in [0.1, 0.15) is 0 Å². The molecule has 0 spiro atoms. The molecule has 1 aromatic heterocycles. The lowest BCUT2D eigenvalue weighted by atomic mass is 10.1. The Morgan fingerprint density at radius 2 is 1.83 bits per heavy atom. The van der Waals surface area contributed by atoms with Crippen molar-refractivity contribution in [3.05, 3.63) is 41.7 Å². The molecule has 3 rings (SSSR count). The molecular weight excluding hydrogens is 320 g/mol. The molecule has 1 aliphatic rings. The summed E-state index contributed by atoms with van der Waals surface area (Å²) >= 11 is 1.52. The molecule has 0 aliphatic heterocycles. The summed E-state index contributed by atoms with van der Waals surface area (Å²) in [5.41, 5.74) is 8.61. The van der Waals surface area contributed by atoms with Crippen molar-refractivity contribution < 1.29 is 4.79 Å². The number of nitrogens with zero attached hydrogens (tertiary/aromatic N) is 2. The number of aromatic nitrogens is 2. The number of nitrogens with two attached hydrogens (primary N) is 1. The summed E-state index contributed by atoms with van der Waals surface area (Å²) in [6.07, 6.45) is 2.60. The van der Waals surface area contributed by atoms with Crippen molar-refractivity contribution in [2.24, 2.45) is 11.7 Å². The minimum atomic E-state index is 0.0396. The lowest BCUT2D eigenvalue weighted by molar-refractivity contribution is -0.119. The number of rotatable bonds is 4. The van der Waals surface area contributed by atoms with Crippen molar-refractivity contribution in [2.45, 2.75) is 49.2 Å². The molecule has 0 radical (unpaired) electrons. The molecule has 0 saturated heterocycles. The average Bonchev–Trinajstić information content (AvgIpc) is 2.95.